The number of amidine groups is 1. The van der Waals surface area contributed by atoms with Gasteiger partial charge in [-0.15, -0.1) is 11.3 Å². The van der Waals surface area contributed by atoms with Gasteiger partial charge in [-0.2, -0.15) is 0 Å². The molecule has 0 amide bonds. The summed E-state index contributed by atoms with van der Waals surface area (Å²) in [5.41, 5.74) is 1.96. The molecule has 0 aliphatic carbocycles. The fourth-order valence-corrected chi connectivity index (χ4v) is 6.08. The van der Waals surface area contributed by atoms with E-state index in [4.69, 9.17) is 9.73 Å². The molecule has 3 aromatic rings. The molecule has 3 aliphatic heterocycles. The molecule has 0 saturated carbocycles. The first-order valence-electron chi connectivity index (χ1n) is 11.2. The summed E-state index contributed by atoms with van der Waals surface area (Å²) in [6, 6.07) is 7.41. The van der Waals surface area contributed by atoms with E-state index in [9.17, 15) is 4.39 Å². The second-order valence-electron chi connectivity index (χ2n) is 8.69. The van der Waals surface area contributed by atoms with E-state index in [0.29, 0.717) is 13.2 Å². The minimum Gasteiger partial charge on any atom is -0.378 e. The van der Waals surface area contributed by atoms with Crippen LogP contribution in [0.4, 0.5) is 14.4 Å². The van der Waals surface area contributed by atoms with Gasteiger partial charge < -0.3 is 30.2 Å². The average molecular weight is 455 g/mol. The van der Waals surface area contributed by atoms with Crippen molar-refractivity contribution in [3.8, 4) is 0 Å². The molecule has 2 saturated heterocycles. The van der Waals surface area contributed by atoms with Crippen LogP contribution in [0.15, 0.2) is 35.5 Å². The van der Waals surface area contributed by atoms with Crippen molar-refractivity contribution in [1.29, 1.82) is 0 Å². The first kappa shape index (κ1) is 20.0. The van der Waals surface area contributed by atoms with Gasteiger partial charge in [-0.1, -0.05) is 0 Å². The SMILES string of the molecule is CC1(c2cc(F)cc3[nH]ccc23)N=C(N2CCOCC2)c2cc(N3CCNCC3)sc2N1. The topological polar surface area (TPSA) is 67.9 Å². The Labute approximate surface area is 190 Å². The highest BCUT2D eigenvalue weighted by atomic mass is 32.1. The van der Waals surface area contributed by atoms with E-state index < -0.39 is 5.66 Å². The summed E-state index contributed by atoms with van der Waals surface area (Å²) in [7, 11) is 0. The van der Waals surface area contributed by atoms with Crippen molar-refractivity contribution >= 4 is 38.1 Å². The Morgan fingerprint density at radius 3 is 2.72 bits per heavy atom. The predicted molar refractivity (Wildman–Crippen MR) is 128 cm³/mol. The summed E-state index contributed by atoms with van der Waals surface area (Å²) < 4.78 is 20.2. The normalized spacial score (nSPS) is 23.8. The van der Waals surface area contributed by atoms with Crippen molar-refractivity contribution in [3.63, 3.8) is 0 Å². The highest BCUT2D eigenvalue weighted by Gasteiger charge is 2.38. The quantitative estimate of drug-likeness (QED) is 0.555. The lowest BCUT2D eigenvalue weighted by molar-refractivity contribution is 0.0678. The number of nitrogens with one attached hydrogen (secondary N) is 3. The van der Waals surface area contributed by atoms with Crippen molar-refractivity contribution in [2.75, 3.05) is 62.7 Å². The molecular weight excluding hydrogens is 427 g/mol. The Balaban J connectivity index is 1.48. The number of piperazine rings is 1. The second-order valence-corrected chi connectivity index (χ2v) is 9.72. The molecule has 1 aromatic carbocycles. The number of aromatic amines is 1. The summed E-state index contributed by atoms with van der Waals surface area (Å²) >= 11 is 1.76. The van der Waals surface area contributed by atoms with E-state index in [1.54, 1.807) is 17.4 Å². The molecule has 0 bridgehead atoms. The molecule has 3 aliphatic rings. The van der Waals surface area contributed by atoms with Gasteiger partial charge in [-0.3, -0.25) is 0 Å². The van der Waals surface area contributed by atoms with Gasteiger partial charge in [0, 0.05) is 61.9 Å². The molecule has 7 nitrogen and oxygen atoms in total. The van der Waals surface area contributed by atoms with Gasteiger partial charge in [0.1, 0.15) is 16.7 Å². The molecule has 2 fully saturated rings. The highest BCUT2D eigenvalue weighted by molar-refractivity contribution is 7.20. The van der Waals surface area contributed by atoms with E-state index in [2.05, 4.69) is 31.5 Å². The molecule has 0 spiro atoms. The van der Waals surface area contributed by atoms with E-state index in [1.165, 1.54) is 11.1 Å². The Hall–Kier alpha value is -2.62. The maximum Gasteiger partial charge on any atom is 0.156 e. The van der Waals surface area contributed by atoms with Crippen LogP contribution in [0.1, 0.15) is 18.1 Å². The Morgan fingerprint density at radius 1 is 1.09 bits per heavy atom. The van der Waals surface area contributed by atoms with Crippen molar-refractivity contribution in [1.82, 2.24) is 15.2 Å². The summed E-state index contributed by atoms with van der Waals surface area (Å²) in [5, 5.41) is 10.4. The summed E-state index contributed by atoms with van der Waals surface area (Å²) in [6.07, 6.45) is 1.85. The van der Waals surface area contributed by atoms with Gasteiger partial charge >= 0.3 is 0 Å². The number of hydrogen-bond acceptors (Lipinski definition) is 7. The monoisotopic (exact) mass is 454 g/mol. The largest absolute Gasteiger partial charge is 0.378 e. The van der Waals surface area contributed by atoms with Crippen LogP contribution >= 0.6 is 11.3 Å². The fourth-order valence-electron chi connectivity index (χ4n) is 4.88. The number of thiophene rings is 1. The number of ether oxygens (including phenoxy) is 1. The van der Waals surface area contributed by atoms with Crippen LogP contribution in [0.5, 0.6) is 0 Å². The first-order chi connectivity index (χ1) is 15.6. The van der Waals surface area contributed by atoms with E-state index in [0.717, 1.165) is 72.1 Å². The molecule has 1 atom stereocenters. The first-order valence-corrected chi connectivity index (χ1v) is 12.0. The van der Waals surface area contributed by atoms with Crippen LogP contribution in [0.3, 0.4) is 0 Å². The van der Waals surface area contributed by atoms with Crippen molar-refractivity contribution in [3.05, 3.63) is 47.4 Å². The van der Waals surface area contributed by atoms with Crippen LogP contribution in [-0.4, -0.2) is 68.2 Å². The third-order valence-corrected chi connectivity index (χ3v) is 7.66. The zero-order valence-corrected chi connectivity index (χ0v) is 18.9. The van der Waals surface area contributed by atoms with E-state index in [1.807, 2.05) is 19.2 Å². The van der Waals surface area contributed by atoms with Crippen LogP contribution in [0.25, 0.3) is 10.9 Å². The Bertz CT molecular complexity index is 1180. The van der Waals surface area contributed by atoms with Crippen LogP contribution in [0.2, 0.25) is 0 Å². The van der Waals surface area contributed by atoms with E-state index >= 15 is 0 Å². The molecular formula is C23H27FN6OS. The van der Waals surface area contributed by atoms with Gasteiger partial charge in [0.25, 0.3) is 0 Å². The third-order valence-electron chi connectivity index (χ3n) is 6.54. The highest BCUT2D eigenvalue weighted by Crippen LogP contribution is 2.44. The number of benzene rings is 1. The molecule has 3 N–H and O–H groups in total. The van der Waals surface area contributed by atoms with E-state index in [-0.39, 0.29) is 5.82 Å². The van der Waals surface area contributed by atoms with Crippen molar-refractivity contribution in [2.45, 2.75) is 12.6 Å². The molecule has 32 heavy (non-hydrogen) atoms. The zero-order valence-electron chi connectivity index (χ0n) is 18.1. The number of aliphatic imine (C=N–C) groups is 1. The van der Waals surface area contributed by atoms with Gasteiger partial charge in [0.2, 0.25) is 0 Å². The van der Waals surface area contributed by atoms with Crippen LogP contribution in [0, 0.1) is 5.82 Å². The number of hydrogen-bond donors (Lipinski definition) is 3. The lowest BCUT2D eigenvalue weighted by Gasteiger charge is -2.38. The molecule has 1 unspecified atom stereocenters. The number of aromatic nitrogens is 1. The number of anilines is 2. The number of morpholine rings is 1. The number of halogens is 1. The number of nitrogens with zero attached hydrogens (tertiary/aromatic N) is 3. The number of rotatable bonds is 2. The lowest BCUT2D eigenvalue weighted by atomic mass is 9.96. The van der Waals surface area contributed by atoms with Crippen LogP contribution < -0.4 is 15.5 Å². The maximum atomic E-state index is 14.6. The Morgan fingerprint density at radius 2 is 1.91 bits per heavy atom. The summed E-state index contributed by atoms with van der Waals surface area (Å²) in [6.45, 7) is 9.00. The zero-order chi connectivity index (χ0) is 21.7. The minimum atomic E-state index is -0.783. The van der Waals surface area contributed by atoms with Gasteiger partial charge in [0.05, 0.1) is 23.8 Å². The summed E-state index contributed by atoms with van der Waals surface area (Å²) in [5.74, 6) is 0.703. The van der Waals surface area contributed by atoms with Gasteiger partial charge in [-0.25, -0.2) is 9.38 Å². The molecule has 0 radical (unpaired) electrons. The fraction of sp³-hybridized carbons (Fsp3) is 0.435. The smallest absolute Gasteiger partial charge is 0.156 e. The molecule has 5 heterocycles. The molecule has 6 rings (SSSR count). The third kappa shape index (κ3) is 3.35. The number of fused-ring (bicyclic) bond motifs is 2. The van der Waals surface area contributed by atoms with Crippen molar-refractivity contribution in [2.24, 2.45) is 4.99 Å². The van der Waals surface area contributed by atoms with Crippen LogP contribution in [-0.2, 0) is 10.4 Å². The Kier molecular flexibility index (Phi) is 4.85. The molecule has 9 heteroatoms. The number of H-pyrrole nitrogens is 1. The molecule has 2 aromatic heterocycles. The van der Waals surface area contributed by atoms with Gasteiger partial charge in [0.15, 0.2) is 5.66 Å². The average Bonchev–Trinajstić information content (AvgIpc) is 3.46. The van der Waals surface area contributed by atoms with Gasteiger partial charge in [-0.05, 0) is 31.2 Å². The standard InChI is InChI=1S/C23H27FN6OS/c1-23(18-12-15(24)13-19-16(18)2-3-26-19)27-21(30-8-10-31-11-9-30)17-14-20(32-22(17)28-23)29-6-4-25-5-7-29/h2-3,12-14,25-26,28H,4-11H2,1H3. The predicted octanol–water partition coefficient (Wildman–Crippen LogP) is 3.16. The lowest BCUT2D eigenvalue weighted by Crippen LogP contribution is -2.45. The minimum absolute atomic E-state index is 0.264. The second kappa shape index (κ2) is 7.75. The van der Waals surface area contributed by atoms with Crippen molar-refractivity contribution < 1.29 is 9.13 Å². The maximum absolute atomic E-state index is 14.6. The molecule has 168 valence electrons. The summed E-state index contributed by atoms with van der Waals surface area (Å²) in [4.78, 5) is 13.1.